The molecule has 0 spiro atoms. The van der Waals surface area contributed by atoms with Crippen LogP contribution in [-0.4, -0.2) is 52.9 Å². The van der Waals surface area contributed by atoms with Crippen LogP contribution in [0.3, 0.4) is 0 Å². The molecule has 0 aromatic carbocycles. The smallest absolute Gasteiger partial charge is 0.437 e. The number of aliphatic imine (C=N–C) groups is 1. The van der Waals surface area contributed by atoms with Crippen LogP contribution in [-0.2, 0) is 9.47 Å². The predicted molar refractivity (Wildman–Crippen MR) is 110 cm³/mol. The van der Waals surface area contributed by atoms with E-state index >= 15 is 0 Å². The maximum atomic E-state index is 12.3. The second-order valence-corrected chi connectivity index (χ2v) is 9.19. The fourth-order valence-corrected chi connectivity index (χ4v) is 2.89. The van der Waals surface area contributed by atoms with Gasteiger partial charge in [0.2, 0.25) is 5.96 Å². The fourth-order valence-electron chi connectivity index (χ4n) is 2.89. The van der Waals surface area contributed by atoms with Crippen molar-refractivity contribution in [3.05, 3.63) is 23.1 Å². The van der Waals surface area contributed by atoms with Crippen molar-refractivity contribution >= 4 is 18.1 Å². The zero-order valence-corrected chi connectivity index (χ0v) is 18.4. The molecule has 0 unspecified atom stereocenters. The largest absolute Gasteiger partial charge is 0.444 e. The van der Waals surface area contributed by atoms with Crippen LogP contribution < -0.4 is 5.32 Å². The molecule has 0 bridgehead atoms. The van der Waals surface area contributed by atoms with Gasteiger partial charge in [0.15, 0.2) is 0 Å². The van der Waals surface area contributed by atoms with Crippen LogP contribution >= 0.6 is 0 Å². The third-order valence-corrected chi connectivity index (χ3v) is 4.06. The fraction of sp³-hybridized carbons (Fsp3) is 0.737. The number of carbonyl (C=O) groups is 2. The SMILES string of the molecule is C=CC[C@H]1CN(C(=NC(=O)OC(C)(C)C)NC(=O)OC(C)(C)C)C[C@]1(C)N=[N+]=[N-]. The van der Waals surface area contributed by atoms with E-state index in [2.05, 4.69) is 26.9 Å². The monoisotopic (exact) mass is 408 g/mol. The highest BCUT2D eigenvalue weighted by atomic mass is 16.6. The molecular formula is C19H32N6O4. The number of nitrogens with zero attached hydrogens (tertiary/aromatic N) is 5. The Balaban J connectivity index is 3.19. The lowest BCUT2D eigenvalue weighted by Gasteiger charge is -2.25. The molecule has 0 aromatic heterocycles. The van der Waals surface area contributed by atoms with Gasteiger partial charge in [0.05, 0.1) is 5.54 Å². The van der Waals surface area contributed by atoms with Gasteiger partial charge < -0.3 is 14.4 Å². The van der Waals surface area contributed by atoms with E-state index in [1.54, 1.807) is 52.5 Å². The van der Waals surface area contributed by atoms with Gasteiger partial charge in [-0.05, 0) is 59.4 Å². The van der Waals surface area contributed by atoms with Crippen LogP contribution in [0.1, 0.15) is 54.9 Å². The van der Waals surface area contributed by atoms with Gasteiger partial charge >= 0.3 is 12.2 Å². The standard InChI is InChI=1S/C19H32N6O4/c1-9-10-13-11-25(12-19(13,8)23-24-20)14(21-15(26)28-17(2,3)4)22-16(27)29-18(5,6)7/h9,13H,1,10-12H2,2-8H3,(H,21,22,26,27)/t13-,19-/m0/s1. The first kappa shape index (κ1) is 24.3. The second kappa shape index (κ2) is 9.17. The first-order chi connectivity index (χ1) is 13.2. The highest BCUT2D eigenvalue weighted by Crippen LogP contribution is 2.34. The van der Waals surface area contributed by atoms with E-state index in [9.17, 15) is 9.59 Å². The van der Waals surface area contributed by atoms with Gasteiger partial charge in [-0.15, -0.1) is 11.6 Å². The molecule has 162 valence electrons. The topological polar surface area (TPSA) is 129 Å². The minimum Gasteiger partial charge on any atom is -0.444 e. The Morgan fingerprint density at radius 1 is 1.28 bits per heavy atom. The van der Waals surface area contributed by atoms with Crippen molar-refractivity contribution in [1.29, 1.82) is 0 Å². The van der Waals surface area contributed by atoms with Gasteiger partial charge in [-0.2, -0.15) is 0 Å². The lowest BCUT2D eigenvalue weighted by atomic mass is 9.87. The Kier molecular flexibility index (Phi) is 7.68. The van der Waals surface area contributed by atoms with Crippen molar-refractivity contribution in [3.63, 3.8) is 0 Å². The highest BCUT2D eigenvalue weighted by molar-refractivity contribution is 5.99. The summed E-state index contributed by atoms with van der Waals surface area (Å²) in [5, 5.41) is 6.47. The lowest BCUT2D eigenvalue weighted by molar-refractivity contribution is 0.0555. The summed E-state index contributed by atoms with van der Waals surface area (Å²) in [6.45, 7) is 16.6. The van der Waals surface area contributed by atoms with Crippen LogP contribution in [0, 0.1) is 5.92 Å². The molecule has 2 atom stereocenters. The molecule has 0 saturated carbocycles. The van der Waals surface area contributed by atoms with Gasteiger partial charge in [0, 0.05) is 18.0 Å². The Labute approximate surface area is 172 Å². The predicted octanol–water partition coefficient (Wildman–Crippen LogP) is 4.38. The number of amides is 2. The lowest BCUT2D eigenvalue weighted by Crippen LogP contribution is -2.46. The second-order valence-electron chi connectivity index (χ2n) is 9.19. The van der Waals surface area contributed by atoms with E-state index in [1.165, 1.54) is 0 Å². The molecule has 1 aliphatic heterocycles. The Morgan fingerprint density at radius 3 is 2.34 bits per heavy atom. The van der Waals surface area contributed by atoms with Crippen molar-refractivity contribution < 1.29 is 19.1 Å². The molecule has 0 radical (unpaired) electrons. The molecule has 0 aliphatic carbocycles. The van der Waals surface area contributed by atoms with Gasteiger partial charge in [-0.1, -0.05) is 18.1 Å². The Hall–Kier alpha value is -2.74. The molecule has 0 aromatic rings. The zero-order chi connectivity index (χ0) is 22.5. The van der Waals surface area contributed by atoms with E-state index in [-0.39, 0.29) is 18.4 Å². The minimum absolute atomic E-state index is 0.0144. The summed E-state index contributed by atoms with van der Waals surface area (Å²) in [5.41, 5.74) is 6.74. The molecule has 1 aliphatic rings. The molecule has 1 rings (SSSR count). The van der Waals surface area contributed by atoms with Gasteiger partial charge in [0.1, 0.15) is 11.2 Å². The van der Waals surface area contributed by atoms with Gasteiger partial charge in [-0.25, -0.2) is 9.59 Å². The van der Waals surface area contributed by atoms with Crippen LogP contribution in [0.25, 0.3) is 10.4 Å². The number of nitrogens with one attached hydrogen (secondary N) is 1. The molecule has 1 heterocycles. The zero-order valence-electron chi connectivity index (χ0n) is 18.4. The van der Waals surface area contributed by atoms with Crippen molar-refractivity contribution in [2.75, 3.05) is 13.1 Å². The number of ether oxygens (including phenoxy) is 2. The van der Waals surface area contributed by atoms with Crippen LogP contribution in [0.15, 0.2) is 22.8 Å². The summed E-state index contributed by atoms with van der Waals surface area (Å²) < 4.78 is 10.5. The summed E-state index contributed by atoms with van der Waals surface area (Å²) in [6, 6.07) is 0. The maximum absolute atomic E-state index is 12.3. The Bertz CT molecular complexity index is 715. The minimum atomic E-state index is -0.846. The first-order valence-corrected chi connectivity index (χ1v) is 9.43. The number of rotatable bonds is 3. The number of guanidine groups is 1. The third-order valence-electron chi connectivity index (χ3n) is 4.06. The quantitative estimate of drug-likeness (QED) is 0.185. The number of hydrogen-bond donors (Lipinski definition) is 1. The molecular weight excluding hydrogens is 376 g/mol. The average Bonchev–Trinajstić information content (AvgIpc) is 2.80. The number of carbonyl (C=O) groups excluding carboxylic acids is 2. The molecule has 10 nitrogen and oxygen atoms in total. The highest BCUT2D eigenvalue weighted by Gasteiger charge is 2.43. The number of azide groups is 1. The molecule has 10 heteroatoms. The van der Waals surface area contributed by atoms with Crippen molar-refractivity contribution in [2.45, 2.75) is 71.6 Å². The third kappa shape index (κ3) is 8.03. The molecule has 1 fully saturated rings. The summed E-state index contributed by atoms with van der Waals surface area (Å²) in [6.07, 6.45) is 0.738. The van der Waals surface area contributed by atoms with Crippen molar-refractivity contribution in [1.82, 2.24) is 10.2 Å². The van der Waals surface area contributed by atoms with Gasteiger partial charge in [0.25, 0.3) is 0 Å². The molecule has 2 amide bonds. The molecule has 1 saturated heterocycles. The van der Waals surface area contributed by atoms with Crippen molar-refractivity contribution in [3.8, 4) is 0 Å². The average molecular weight is 409 g/mol. The van der Waals surface area contributed by atoms with E-state index in [1.807, 2.05) is 6.92 Å². The van der Waals surface area contributed by atoms with Crippen LogP contribution in [0.5, 0.6) is 0 Å². The van der Waals surface area contributed by atoms with Crippen LogP contribution in [0.2, 0.25) is 0 Å². The number of allylic oxidation sites excluding steroid dienone is 1. The normalized spacial score (nSPS) is 22.5. The van der Waals surface area contributed by atoms with E-state index in [0.29, 0.717) is 13.0 Å². The van der Waals surface area contributed by atoms with E-state index in [4.69, 9.17) is 15.0 Å². The van der Waals surface area contributed by atoms with Crippen LogP contribution in [0.4, 0.5) is 9.59 Å². The van der Waals surface area contributed by atoms with E-state index < -0.39 is 28.9 Å². The number of likely N-dealkylation sites (tertiary alicyclic amines) is 1. The maximum Gasteiger partial charge on any atom is 0.437 e. The summed E-state index contributed by atoms with van der Waals surface area (Å²) in [4.78, 5) is 33.1. The first-order valence-electron chi connectivity index (χ1n) is 9.43. The summed E-state index contributed by atoms with van der Waals surface area (Å²) in [5.74, 6) is -0.0837. The Morgan fingerprint density at radius 2 is 1.86 bits per heavy atom. The van der Waals surface area contributed by atoms with E-state index in [0.717, 1.165) is 0 Å². The van der Waals surface area contributed by atoms with Crippen molar-refractivity contribution in [2.24, 2.45) is 16.0 Å². The molecule has 29 heavy (non-hydrogen) atoms. The summed E-state index contributed by atoms with van der Waals surface area (Å²) in [7, 11) is 0. The number of hydrogen-bond acceptors (Lipinski definition) is 5. The molecule has 1 N–H and O–H groups in total. The number of alkyl carbamates (subject to hydrolysis) is 1. The van der Waals surface area contributed by atoms with Gasteiger partial charge in [-0.3, -0.25) is 5.32 Å². The summed E-state index contributed by atoms with van der Waals surface area (Å²) >= 11 is 0.